The fourth-order valence-electron chi connectivity index (χ4n) is 3.50. The Morgan fingerprint density at radius 2 is 1.91 bits per heavy atom. The van der Waals surface area contributed by atoms with E-state index < -0.39 is 11.8 Å². The van der Waals surface area contributed by atoms with Crippen molar-refractivity contribution in [1.82, 2.24) is 4.98 Å². The Hall–Kier alpha value is -3.73. The molecule has 0 unspecified atom stereocenters. The molecule has 0 radical (unpaired) electrons. The summed E-state index contributed by atoms with van der Waals surface area (Å²) in [5.41, 5.74) is 5.48. The summed E-state index contributed by atoms with van der Waals surface area (Å²) in [5.74, 6) is -1.58. The Kier molecular flexibility index (Phi) is 7.55. The summed E-state index contributed by atoms with van der Waals surface area (Å²) < 4.78 is 13.8. The minimum atomic E-state index is -1.11. The number of nitrogens with zero attached hydrogens (tertiary/aromatic N) is 1. The normalized spacial score (nSPS) is 12.0. The lowest BCUT2D eigenvalue weighted by atomic mass is 9.96. The number of carbonyl (C=O) groups is 1. The van der Waals surface area contributed by atoms with Gasteiger partial charge in [0.15, 0.2) is 0 Å². The number of allylic oxidation sites excluding steroid dienone is 3. The first-order chi connectivity index (χ1) is 15.4. The molecule has 2 N–H and O–H groups in total. The molecule has 3 aromatic rings. The van der Waals surface area contributed by atoms with E-state index in [0.29, 0.717) is 28.8 Å². The molecular formula is C27H27FN2O2. The molecule has 0 amide bonds. The lowest BCUT2D eigenvalue weighted by Crippen LogP contribution is -2.03. The van der Waals surface area contributed by atoms with E-state index in [1.165, 1.54) is 12.1 Å². The molecule has 0 saturated carbocycles. The maximum Gasteiger partial charge on any atom is 0.336 e. The Labute approximate surface area is 188 Å². The van der Waals surface area contributed by atoms with Gasteiger partial charge in [-0.1, -0.05) is 37.3 Å². The van der Waals surface area contributed by atoms with Crippen LogP contribution in [0.3, 0.4) is 0 Å². The van der Waals surface area contributed by atoms with Crippen LogP contribution in [0.4, 0.5) is 10.1 Å². The Morgan fingerprint density at radius 1 is 1.09 bits per heavy atom. The highest BCUT2D eigenvalue weighted by Crippen LogP contribution is 2.27. The summed E-state index contributed by atoms with van der Waals surface area (Å²) in [5, 5.41) is 13.1. The molecular weight excluding hydrogens is 403 g/mol. The SMILES string of the molecule is CC/C=C(/C=C(/C(=O)O)c1cc(F)ccc1C)c1ccc(-c2cccc(NCC)c2)cn1. The van der Waals surface area contributed by atoms with E-state index in [-0.39, 0.29) is 5.57 Å². The van der Waals surface area contributed by atoms with Gasteiger partial charge in [0, 0.05) is 24.0 Å². The van der Waals surface area contributed by atoms with Gasteiger partial charge in [0.2, 0.25) is 0 Å². The van der Waals surface area contributed by atoms with Crippen LogP contribution in [-0.4, -0.2) is 22.6 Å². The highest BCUT2D eigenvalue weighted by Gasteiger charge is 2.15. The quantitative estimate of drug-likeness (QED) is 0.313. The Bertz CT molecular complexity index is 1160. The van der Waals surface area contributed by atoms with Gasteiger partial charge in [-0.15, -0.1) is 0 Å². The smallest absolute Gasteiger partial charge is 0.336 e. The number of hydrogen-bond acceptors (Lipinski definition) is 3. The van der Waals surface area contributed by atoms with E-state index in [1.807, 2.05) is 43.3 Å². The van der Waals surface area contributed by atoms with Gasteiger partial charge in [0.25, 0.3) is 0 Å². The van der Waals surface area contributed by atoms with Crippen molar-refractivity contribution in [3.8, 4) is 11.1 Å². The van der Waals surface area contributed by atoms with Crippen LogP contribution >= 0.6 is 0 Å². The summed E-state index contributed by atoms with van der Waals surface area (Å²) in [6.45, 7) is 6.63. The monoisotopic (exact) mass is 430 g/mol. The molecule has 0 aliphatic heterocycles. The third kappa shape index (κ3) is 5.49. The first kappa shape index (κ1) is 22.9. The number of hydrogen-bond donors (Lipinski definition) is 2. The molecule has 0 bridgehead atoms. The number of benzene rings is 2. The fraction of sp³-hybridized carbons (Fsp3) is 0.185. The number of nitrogens with one attached hydrogen (secondary N) is 1. The number of carboxylic acids is 1. The molecule has 32 heavy (non-hydrogen) atoms. The summed E-state index contributed by atoms with van der Waals surface area (Å²) in [6.07, 6.45) is 5.98. The molecule has 0 spiro atoms. The lowest BCUT2D eigenvalue weighted by molar-refractivity contribution is -0.130. The van der Waals surface area contributed by atoms with E-state index in [2.05, 4.69) is 23.3 Å². The molecule has 0 aliphatic carbocycles. The lowest BCUT2D eigenvalue weighted by Gasteiger charge is -2.10. The number of aryl methyl sites for hydroxylation is 1. The molecule has 3 rings (SSSR count). The number of pyridine rings is 1. The Morgan fingerprint density at radius 3 is 2.56 bits per heavy atom. The van der Waals surface area contributed by atoms with E-state index in [1.54, 1.807) is 25.3 Å². The van der Waals surface area contributed by atoms with Crippen LogP contribution in [0.1, 0.15) is 37.1 Å². The molecule has 164 valence electrons. The van der Waals surface area contributed by atoms with Crippen LogP contribution in [0.15, 0.2) is 72.9 Å². The van der Waals surface area contributed by atoms with Crippen molar-refractivity contribution >= 4 is 22.8 Å². The van der Waals surface area contributed by atoms with Gasteiger partial charge in [0.05, 0.1) is 11.3 Å². The fourth-order valence-corrected chi connectivity index (χ4v) is 3.50. The second kappa shape index (κ2) is 10.5. The predicted octanol–water partition coefficient (Wildman–Crippen LogP) is 6.59. The van der Waals surface area contributed by atoms with Crippen LogP contribution in [0.5, 0.6) is 0 Å². The van der Waals surface area contributed by atoms with Crippen molar-refractivity contribution in [2.24, 2.45) is 0 Å². The maximum absolute atomic E-state index is 13.8. The topological polar surface area (TPSA) is 62.2 Å². The Balaban J connectivity index is 1.99. The third-order valence-electron chi connectivity index (χ3n) is 5.08. The van der Waals surface area contributed by atoms with Crippen molar-refractivity contribution in [1.29, 1.82) is 0 Å². The van der Waals surface area contributed by atoms with Crippen LogP contribution < -0.4 is 5.32 Å². The van der Waals surface area contributed by atoms with Crippen LogP contribution in [0.2, 0.25) is 0 Å². The first-order valence-corrected chi connectivity index (χ1v) is 10.6. The zero-order valence-electron chi connectivity index (χ0n) is 18.5. The van der Waals surface area contributed by atoms with Crippen LogP contribution in [0.25, 0.3) is 22.3 Å². The molecule has 5 heteroatoms. The summed E-state index contributed by atoms with van der Waals surface area (Å²) in [7, 11) is 0. The van der Waals surface area contributed by atoms with Gasteiger partial charge in [-0.25, -0.2) is 9.18 Å². The average Bonchev–Trinajstić information content (AvgIpc) is 2.79. The van der Waals surface area contributed by atoms with Gasteiger partial charge in [0.1, 0.15) is 5.82 Å². The minimum absolute atomic E-state index is 0.0333. The van der Waals surface area contributed by atoms with Crippen molar-refractivity contribution in [2.75, 3.05) is 11.9 Å². The van der Waals surface area contributed by atoms with E-state index in [9.17, 15) is 14.3 Å². The second-order valence-corrected chi connectivity index (χ2v) is 7.43. The molecule has 0 fully saturated rings. The number of rotatable bonds is 8. The van der Waals surface area contributed by atoms with Crippen LogP contribution in [-0.2, 0) is 4.79 Å². The average molecular weight is 431 g/mol. The molecule has 1 aromatic heterocycles. The zero-order chi connectivity index (χ0) is 23.1. The minimum Gasteiger partial charge on any atom is -0.478 e. The number of carboxylic acid groups (broad SMARTS) is 1. The molecule has 2 aromatic carbocycles. The predicted molar refractivity (Wildman–Crippen MR) is 129 cm³/mol. The number of anilines is 1. The zero-order valence-corrected chi connectivity index (χ0v) is 18.5. The second-order valence-electron chi connectivity index (χ2n) is 7.43. The standard InChI is InChI=1S/C27H27FN2O2/c1-4-7-20(15-25(27(31)32)24-16-22(28)12-10-18(24)3)26-13-11-21(17-30-26)19-8-6-9-23(14-19)29-5-2/h6-17,29H,4-5H2,1-3H3,(H,31,32)/b20-7-,25-15+. The highest BCUT2D eigenvalue weighted by atomic mass is 19.1. The number of aliphatic carboxylic acids is 1. The first-order valence-electron chi connectivity index (χ1n) is 10.6. The van der Waals surface area contributed by atoms with E-state index in [4.69, 9.17) is 0 Å². The van der Waals surface area contributed by atoms with E-state index in [0.717, 1.165) is 23.4 Å². The summed E-state index contributed by atoms with van der Waals surface area (Å²) in [6, 6.07) is 16.1. The summed E-state index contributed by atoms with van der Waals surface area (Å²) >= 11 is 0. The highest BCUT2D eigenvalue weighted by molar-refractivity contribution is 6.18. The van der Waals surface area contributed by atoms with Crippen molar-refractivity contribution in [2.45, 2.75) is 27.2 Å². The molecule has 0 saturated heterocycles. The van der Waals surface area contributed by atoms with E-state index >= 15 is 0 Å². The van der Waals surface area contributed by atoms with Gasteiger partial charge >= 0.3 is 5.97 Å². The van der Waals surface area contributed by atoms with Gasteiger partial charge in [-0.3, -0.25) is 4.98 Å². The molecule has 4 nitrogen and oxygen atoms in total. The summed E-state index contributed by atoms with van der Waals surface area (Å²) in [4.78, 5) is 16.6. The number of halogens is 1. The van der Waals surface area contributed by atoms with Crippen LogP contribution in [0, 0.1) is 12.7 Å². The third-order valence-corrected chi connectivity index (χ3v) is 5.08. The molecule has 0 atom stereocenters. The largest absolute Gasteiger partial charge is 0.478 e. The van der Waals surface area contributed by atoms with Gasteiger partial charge in [-0.2, -0.15) is 0 Å². The maximum atomic E-state index is 13.8. The molecule has 0 aliphatic rings. The van der Waals surface area contributed by atoms with Crippen molar-refractivity contribution in [3.63, 3.8) is 0 Å². The van der Waals surface area contributed by atoms with Crippen molar-refractivity contribution < 1.29 is 14.3 Å². The van der Waals surface area contributed by atoms with Gasteiger partial charge < -0.3 is 10.4 Å². The van der Waals surface area contributed by atoms with Crippen molar-refractivity contribution in [3.05, 3.63) is 95.6 Å². The molecule has 1 heterocycles. The van der Waals surface area contributed by atoms with Gasteiger partial charge in [-0.05, 0) is 78.9 Å². The number of aromatic nitrogens is 1.